The normalized spacial score (nSPS) is 17.1. The van der Waals surface area contributed by atoms with Crippen LogP contribution in [0.5, 0.6) is 11.5 Å². The first kappa shape index (κ1) is 13.2. The fourth-order valence-corrected chi connectivity index (χ4v) is 2.96. The molecular weight excluding hydrogens is 272 g/mol. The molecule has 20 heavy (non-hydrogen) atoms. The molecule has 0 saturated heterocycles. The first-order valence-corrected chi connectivity index (χ1v) is 7.65. The van der Waals surface area contributed by atoms with Crippen LogP contribution in [0.15, 0.2) is 17.5 Å². The van der Waals surface area contributed by atoms with Gasteiger partial charge in [-0.2, -0.15) is 0 Å². The third-order valence-corrected chi connectivity index (χ3v) is 4.22. The average Bonchev–Trinajstić information content (AvgIpc) is 2.89. The number of rotatable bonds is 3. The molecule has 1 atom stereocenters. The topological polar surface area (TPSA) is 43.4 Å². The van der Waals surface area contributed by atoms with Crippen LogP contribution in [-0.4, -0.2) is 18.1 Å². The third-order valence-electron chi connectivity index (χ3n) is 3.40. The molecule has 1 unspecified atom stereocenters. The van der Waals surface area contributed by atoms with E-state index in [1.165, 1.54) is 11.1 Å². The van der Waals surface area contributed by atoms with Gasteiger partial charge < -0.3 is 14.8 Å². The highest BCUT2D eigenvalue weighted by Gasteiger charge is 2.25. The Balaban J connectivity index is 1.82. The number of thiazole rings is 1. The molecule has 106 valence electrons. The molecular formula is C15H18N2O2S. The maximum Gasteiger partial charge on any atom is 0.182 e. The van der Waals surface area contributed by atoms with Crippen LogP contribution in [0.25, 0.3) is 0 Å². The average molecular weight is 290 g/mol. The van der Waals surface area contributed by atoms with Gasteiger partial charge in [-0.25, -0.2) is 4.98 Å². The van der Waals surface area contributed by atoms with Crippen molar-refractivity contribution in [1.82, 2.24) is 4.98 Å². The summed E-state index contributed by atoms with van der Waals surface area (Å²) in [6.07, 6.45) is -0.131. The Morgan fingerprint density at radius 3 is 2.80 bits per heavy atom. The maximum absolute atomic E-state index is 6.04. The summed E-state index contributed by atoms with van der Waals surface area (Å²) >= 11 is 1.60. The largest absolute Gasteiger partial charge is 0.485 e. The number of fused-ring (bicyclic) bond motifs is 1. The predicted octanol–water partition coefficient (Wildman–Crippen LogP) is 3.70. The molecule has 0 amide bonds. The minimum Gasteiger partial charge on any atom is -0.485 e. The van der Waals surface area contributed by atoms with Gasteiger partial charge in [0, 0.05) is 11.9 Å². The van der Waals surface area contributed by atoms with Crippen LogP contribution in [0.2, 0.25) is 0 Å². The second-order valence-corrected chi connectivity index (χ2v) is 5.77. The zero-order valence-electron chi connectivity index (χ0n) is 11.9. The van der Waals surface area contributed by atoms with Crippen molar-refractivity contribution in [2.75, 3.05) is 18.5 Å². The van der Waals surface area contributed by atoms with E-state index in [1.807, 2.05) is 17.5 Å². The van der Waals surface area contributed by atoms with Crippen LogP contribution < -0.4 is 14.8 Å². The molecule has 5 heteroatoms. The molecule has 0 saturated carbocycles. The summed E-state index contributed by atoms with van der Waals surface area (Å²) in [5, 5.41) is 6.17. The number of nitrogens with one attached hydrogen (secondary N) is 1. The number of hydrogen-bond donors (Lipinski definition) is 1. The minimum atomic E-state index is -0.131. The van der Waals surface area contributed by atoms with Gasteiger partial charge in [0.15, 0.2) is 22.7 Å². The summed E-state index contributed by atoms with van der Waals surface area (Å²) in [4.78, 5) is 4.54. The van der Waals surface area contributed by atoms with Crippen molar-refractivity contribution >= 4 is 16.5 Å². The van der Waals surface area contributed by atoms with Gasteiger partial charge in [-0.3, -0.25) is 0 Å². The number of benzene rings is 1. The molecule has 1 N–H and O–H groups in total. The molecule has 0 aliphatic carbocycles. The number of nitrogens with zero attached hydrogens (tertiary/aromatic N) is 1. The van der Waals surface area contributed by atoms with Gasteiger partial charge in [-0.15, -0.1) is 11.3 Å². The molecule has 0 spiro atoms. The molecule has 2 aromatic rings. The highest BCUT2D eigenvalue weighted by molar-refractivity contribution is 7.13. The van der Waals surface area contributed by atoms with E-state index in [4.69, 9.17) is 9.47 Å². The maximum atomic E-state index is 6.04. The summed E-state index contributed by atoms with van der Waals surface area (Å²) in [5.41, 5.74) is 3.35. The van der Waals surface area contributed by atoms with Gasteiger partial charge in [0.05, 0.1) is 5.69 Å². The lowest BCUT2D eigenvalue weighted by Gasteiger charge is -2.26. The van der Waals surface area contributed by atoms with Crippen LogP contribution in [-0.2, 0) is 0 Å². The molecule has 1 aromatic carbocycles. The van der Waals surface area contributed by atoms with Crippen molar-refractivity contribution in [1.29, 1.82) is 0 Å². The van der Waals surface area contributed by atoms with E-state index in [0.717, 1.165) is 28.9 Å². The molecule has 1 aromatic heterocycles. The highest BCUT2D eigenvalue weighted by Crippen LogP contribution is 2.38. The molecule has 0 fully saturated rings. The van der Waals surface area contributed by atoms with Crippen molar-refractivity contribution in [3.8, 4) is 11.5 Å². The molecule has 0 bridgehead atoms. The van der Waals surface area contributed by atoms with Crippen LogP contribution in [0.1, 0.15) is 29.8 Å². The molecule has 0 radical (unpaired) electrons. The quantitative estimate of drug-likeness (QED) is 0.936. The third kappa shape index (κ3) is 2.45. The zero-order chi connectivity index (χ0) is 14.1. The van der Waals surface area contributed by atoms with Crippen molar-refractivity contribution in [2.24, 2.45) is 0 Å². The van der Waals surface area contributed by atoms with E-state index >= 15 is 0 Å². The Bertz CT molecular complexity index is 624. The first-order chi connectivity index (χ1) is 9.67. The lowest BCUT2D eigenvalue weighted by Crippen LogP contribution is -2.22. The van der Waals surface area contributed by atoms with Gasteiger partial charge >= 0.3 is 0 Å². The molecule has 4 nitrogen and oxygen atoms in total. The van der Waals surface area contributed by atoms with Gasteiger partial charge in [-0.05, 0) is 44.0 Å². The van der Waals surface area contributed by atoms with Crippen molar-refractivity contribution in [3.63, 3.8) is 0 Å². The van der Waals surface area contributed by atoms with Gasteiger partial charge in [-0.1, -0.05) is 0 Å². The lowest BCUT2D eigenvalue weighted by atomic mass is 10.1. The Labute approximate surface area is 122 Å². The minimum absolute atomic E-state index is 0.131. The summed E-state index contributed by atoms with van der Waals surface area (Å²) in [7, 11) is 0. The molecule has 3 rings (SSSR count). The summed E-state index contributed by atoms with van der Waals surface area (Å²) in [6.45, 7) is 7.59. The van der Waals surface area contributed by atoms with E-state index in [2.05, 4.69) is 31.1 Å². The molecule has 2 heterocycles. The van der Waals surface area contributed by atoms with E-state index in [-0.39, 0.29) is 6.10 Å². The lowest BCUT2D eigenvalue weighted by molar-refractivity contribution is 0.0886. The SMILES string of the molecule is CCNc1nc(C2COc3cc(C)c(C)cc3O2)cs1. The fraction of sp³-hybridized carbons (Fsp3) is 0.400. The number of hydrogen-bond acceptors (Lipinski definition) is 5. The Hall–Kier alpha value is -1.75. The van der Waals surface area contributed by atoms with E-state index in [1.54, 1.807) is 11.3 Å². The smallest absolute Gasteiger partial charge is 0.182 e. The van der Waals surface area contributed by atoms with Crippen LogP contribution in [0.3, 0.4) is 0 Å². The Morgan fingerprint density at radius 1 is 1.30 bits per heavy atom. The fourth-order valence-electron chi connectivity index (χ4n) is 2.13. The number of aromatic nitrogens is 1. The van der Waals surface area contributed by atoms with Gasteiger partial charge in [0.25, 0.3) is 0 Å². The number of anilines is 1. The van der Waals surface area contributed by atoms with Crippen LogP contribution in [0.4, 0.5) is 5.13 Å². The van der Waals surface area contributed by atoms with Crippen molar-refractivity contribution < 1.29 is 9.47 Å². The predicted molar refractivity (Wildman–Crippen MR) is 81.1 cm³/mol. The number of aryl methyl sites for hydroxylation is 2. The van der Waals surface area contributed by atoms with E-state index in [9.17, 15) is 0 Å². The monoisotopic (exact) mass is 290 g/mol. The molecule has 1 aliphatic heterocycles. The summed E-state index contributed by atoms with van der Waals surface area (Å²) < 4.78 is 11.9. The van der Waals surface area contributed by atoms with E-state index < -0.39 is 0 Å². The molecule has 1 aliphatic rings. The second-order valence-electron chi connectivity index (χ2n) is 4.91. The Kier molecular flexibility index (Phi) is 3.53. The van der Waals surface area contributed by atoms with Crippen LogP contribution >= 0.6 is 11.3 Å². The Morgan fingerprint density at radius 2 is 2.05 bits per heavy atom. The van der Waals surface area contributed by atoms with Crippen molar-refractivity contribution in [2.45, 2.75) is 26.9 Å². The first-order valence-electron chi connectivity index (χ1n) is 6.77. The highest BCUT2D eigenvalue weighted by atomic mass is 32.1. The van der Waals surface area contributed by atoms with Gasteiger partial charge in [0.2, 0.25) is 0 Å². The summed E-state index contributed by atoms with van der Waals surface area (Å²) in [5.74, 6) is 1.63. The van der Waals surface area contributed by atoms with E-state index in [0.29, 0.717) is 6.61 Å². The zero-order valence-corrected chi connectivity index (χ0v) is 12.7. The van der Waals surface area contributed by atoms with Crippen LogP contribution in [0, 0.1) is 13.8 Å². The summed E-state index contributed by atoms with van der Waals surface area (Å²) in [6, 6.07) is 4.07. The van der Waals surface area contributed by atoms with Gasteiger partial charge in [0.1, 0.15) is 6.61 Å². The second kappa shape index (κ2) is 5.32. The standard InChI is InChI=1S/C15H18N2O2S/c1-4-16-15-17-11(8-20-15)14-7-18-12-5-9(2)10(3)6-13(12)19-14/h5-6,8,14H,4,7H2,1-3H3,(H,16,17). The number of ether oxygens (including phenoxy) is 2. The van der Waals surface area contributed by atoms with Crippen molar-refractivity contribution in [3.05, 3.63) is 34.3 Å².